The summed E-state index contributed by atoms with van der Waals surface area (Å²) in [5.41, 5.74) is 1.22. The number of aliphatic hydroxyl groups excluding tert-OH is 1. The zero-order valence-corrected chi connectivity index (χ0v) is 11.4. The molecular weight excluding hydrogens is 284 g/mol. The number of hydrogen-bond donors (Lipinski definition) is 2. The van der Waals surface area contributed by atoms with Gasteiger partial charge in [0, 0.05) is 24.2 Å². The van der Waals surface area contributed by atoms with Crippen LogP contribution in [0.3, 0.4) is 0 Å². The summed E-state index contributed by atoms with van der Waals surface area (Å²) in [6, 6.07) is 10.2. The van der Waals surface area contributed by atoms with Gasteiger partial charge >= 0.3 is 0 Å². The van der Waals surface area contributed by atoms with E-state index in [4.69, 9.17) is 11.6 Å². The molecule has 0 saturated heterocycles. The number of aliphatic hydroxyl groups is 1. The maximum atomic E-state index is 13.0. The standard InChI is InChI=1S/C15H14ClF2NO/c16-12-3-1-11(2-4-12)15(20)9-19-8-10-5-13(17)7-14(18)6-10/h1-7,15,19-20H,8-9H2. The van der Waals surface area contributed by atoms with Crippen LogP contribution in [0.25, 0.3) is 0 Å². The molecule has 2 rings (SSSR count). The number of halogens is 3. The Morgan fingerprint density at radius 2 is 1.65 bits per heavy atom. The lowest BCUT2D eigenvalue weighted by atomic mass is 10.1. The molecule has 0 aliphatic heterocycles. The van der Waals surface area contributed by atoms with Crippen LogP contribution in [0.2, 0.25) is 5.02 Å². The predicted octanol–water partition coefficient (Wildman–Crippen LogP) is 3.44. The molecule has 0 fully saturated rings. The van der Waals surface area contributed by atoms with Gasteiger partial charge in [-0.1, -0.05) is 23.7 Å². The number of hydrogen-bond acceptors (Lipinski definition) is 2. The topological polar surface area (TPSA) is 32.3 Å². The number of rotatable bonds is 5. The SMILES string of the molecule is OC(CNCc1cc(F)cc(F)c1)c1ccc(Cl)cc1. The van der Waals surface area contributed by atoms with Gasteiger partial charge in [0.2, 0.25) is 0 Å². The van der Waals surface area contributed by atoms with E-state index in [-0.39, 0.29) is 13.1 Å². The maximum absolute atomic E-state index is 13.0. The van der Waals surface area contributed by atoms with Gasteiger partial charge in [-0.15, -0.1) is 0 Å². The molecule has 5 heteroatoms. The molecule has 0 aliphatic carbocycles. The first-order chi connectivity index (χ1) is 9.54. The fraction of sp³-hybridized carbons (Fsp3) is 0.200. The van der Waals surface area contributed by atoms with Crippen molar-refractivity contribution in [3.05, 3.63) is 70.2 Å². The van der Waals surface area contributed by atoms with E-state index in [0.29, 0.717) is 10.6 Å². The average Bonchev–Trinajstić information content (AvgIpc) is 2.38. The summed E-state index contributed by atoms with van der Waals surface area (Å²) in [4.78, 5) is 0. The Balaban J connectivity index is 1.87. The molecule has 0 radical (unpaired) electrons. The van der Waals surface area contributed by atoms with Gasteiger partial charge < -0.3 is 10.4 Å². The van der Waals surface area contributed by atoms with Crippen molar-refractivity contribution < 1.29 is 13.9 Å². The van der Waals surface area contributed by atoms with Gasteiger partial charge in [0.15, 0.2) is 0 Å². The summed E-state index contributed by atoms with van der Waals surface area (Å²) in [7, 11) is 0. The van der Waals surface area contributed by atoms with E-state index in [1.165, 1.54) is 12.1 Å². The smallest absolute Gasteiger partial charge is 0.126 e. The Morgan fingerprint density at radius 1 is 1.05 bits per heavy atom. The van der Waals surface area contributed by atoms with E-state index in [0.717, 1.165) is 11.6 Å². The lowest BCUT2D eigenvalue weighted by molar-refractivity contribution is 0.174. The second-order valence-corrected chi connectivity index (χ2v) is 4.91. The van der Waals surface area contributed by atoms with Crippen molar-refractivity contribution in [3.8, 4) is 0 Å². The lowest BCUT2D eigenvalue weighted by Gasteiger charge is -2.12. The molecule has 0 spiro atoms. The molecule has 20 heavy (non-hydrogen) atoms. The number of nitrogens with one attached hydrogen (secondary N) is 1. The van der Waals surface area contributed by atoms with E-state index in [1.54, 1.807) is 24.3 Å². The fourth-order valence-electron chi connectivity index (χ4n) is 1.87. The van der Waals surface area contributed by atoms with E-state index in [9.17, 15) is 13.9 Å². The molecule has 0 heterocycles. The van der Waals surface area contributed by atoms with Crippen molar-refractivity contribution in [2.45, 2.75) is 12.6 Å². The van der Waals surface area contributed by atoms with Gasteiger partial charge in [-0.25, -0.2) is 8.78 Å². The minimum Gasteiger partial charge on any atom is -0.387 e. The first-order valence-electron chi connectivity index (χ1n) is 6.14. The normalized spacial score (nSPS) is 12.4. The summed E-state index contributed by atoms with van der Waals surface area (Å²) < 4.78 is 26.0. The molecule has 0 bridgehead atoms. The monoisotopic (exact) mass is 297 g/mol. The Morgan fingerprint density at radius 3 is 2.25 bits per heavy atom. The first kappa shape index (κ1) is 14.9. The average molecular weight is 298 g/mol. The molecule has 1 atom stereocenters. The van der Waals surface area contributed by atoms with Crippen LogP contribution in [0.1, 0.15) is 17.2 Å². The van der Waals surface area contributed by atoms with Gasteiger partial charge in [0.05, 0.1) is 6.10 Å². The van der Waals surface area contributed by atoms with Crippen LogP contribution in [0.15, 0.2) is 42.5 Å². The molecule has 1 unspecified atom stereocenters. The van der Waals surface area contributed by atoms with Gasteiger partial charge in [-0.2, -0.15) is 0 Å². The van der Waals surface area contributed by atoms with Crippen molar-refractivity contribution in [1.29, 1.82) is 0 Å². The quantitative estimate of drug-likeness (QED) is 0.886. The van der Waals surface area contributed by atoms with Gasteiger partial charge in [-0.05, 0) is 35.4 Å². The third kappa shape index (κ3) is 4.27. The maximum Gasteiger partial charge on any atom is 0.126 e. The molecule has 2 aromatic rings. The Hall–Kier alpha value is -1.49. The van der Waals surface area contributed by atoms with Crippen LogP contribution in [-0.2, 0) is 6.54 Å². The highest BCUT2D eigenvalue weighted by Crippen LogP contribution is 2.16. The largest absolute Gasteiger partial charge is 0.387 e. The van der Waals surface area contributed by atoms with Crippen LogP contribution in [0.4, 0.5) is 8.78 Å². The highest BCUT2D eigenvalue weighted by atomic mass is 35.5. The van der Waals surface area contributed by atoms with E-state index < -0.39 is 17.7 Å². The summed E-state index contributed by atoms with van der Waals surface area (Å²) in [5, 5.41) is 13.5. The summed E-state index contributed by atoms with van der Waals surface area (Å²) in [6.07, 6.45) is -0.703. The minimum absolute atomic E-state index is 0.277. The molecule has 106 valence electrons. The van der Waals surface area contributed by atoms with Crippen molar-refractivity contribution in [2.24, 2.45) is 0 Å². The highest BCUT2D eigenvalue weighted by Gasteiger charge is 2.07. The van der Waals surface area contributed by atoms with Crippen molar-refractivity contribution >= 4 is 11.6 Å². The molecule has 2 nitrogen and oxygen atoms in total. The molecule has 2 N–H and O–H groups in total. The van der Waals surface area contributed by atoms with Crippen molar-refractivity contribution in [1.82, 2.24) is 5.32 Å². The van der Waals surface area contributed by atoms with E-state index in [1.807, 2.05) is 0 Å². The van der Waals surface area contributed by atoms with Crippen molar-refractivity contribution in [2.75, 3.05) is 6.54 Å². The number of benzene rings is 2. The molecule has 0 amide bonds. The Kier molecular flexibility index (Phi) is 5.06. The summed E-state index contributed by atoms with van der Waals surface area (Å²) in [6.45, 7) is 0.555. The Bertz CT molecular complexity index is 554. The van der Waals surface area contributed by atoms with Crippen LogP contribution in [0.5, 0.6) is 0 Å². The third-order valence-electron chi connectivity index (χ3n) is 2.84. The fourth-order valence-corrected chi connectivity index (χ4v) is 2.00. The van der Waals surface area contributed by atoms with E-state index >= 15 is 0 Å². The van der Waals surface area contributed by atoms with Gasteiger partial charge in [-0.3, -0.25) is 0 Å². The van der Waals surface area contributed by atoms with E-state index in [2.05, 4.69) is 5.32 Å². The predicted molar refractivity (Wildman–Crippen MR) is 74.5 cm³/mol. The second-order valence-electron chi connectivity index (χ2n) is 4.48. The third-order valence-corrected chi connectivity index (χ3v) is 3.10. The van der Waals surface area contributed by atoms with Crippen LogP contribution in [-0.4, -0.2) is 11.7 Å². The molecule has 0 saturated carbocycles. The lowest BCUT2D eigenvalue weighted by Crippen LogP contribution is -2.21. The van der Waals surface area contributed by atoms with Crippen LogP contribution >= 0.6 is 11.6 Å². The van der Waals surface area contributed by atoms with Gasteiger partial charge in [0.25, 0.3) is 0 Å². The summed E-state index contributed by atoms with van der Waals surface area (Å²) >= 11 is 5.76. The molecule has 0 aliphatic rings. The zero-order valence-electron chi connectivity index (χ0n) is 10.6. The van der Waals surface area contributed by atoms with Crippen molar-refractivity contribution in [3.63, 3.8) is 0 Å². The second kappa shape index (κ2) is 6.79. The minimum atomic E-state index is -0.703. The highest BCUT2D eigenvalue weighted by molar-refractivity contribution is 6.30. The van der Waals surface area contributed by atoms with Crippen LogP contribution < -0.4 is 5.32 Å². The molecular formula is C15H14ClF2NO. The van der Waals surface area contributed by atoms with Crippen LogP contribution in [0, 0.1) is 11.6 Å². The molecule has 2 aromatic carbocycles. The van der Waals surface area contributed by atoms with Gasteiger partial charge in [0.1, 0.15) is 11.6 Å². The first-order valence-corrected chi connectivity index (χ1v) is 6.51. The zero-order chi connectivity index (χ0) is 14.5. The molecule has 0 aromatic heterocycles. The summed E-state index contributed by atoms with van der Waals surface area (Å²) in [5.74, 6) is -1.22. The Labute approximate surface area is 121 Å².